The lowest BCUT2D eigenvalue weighted by atomic mass is 10.1. The highest BCUT2D eigenvalue weighted by Crippen LogP contribution is 2.06. The highest BCUT2D eigenvalue weighted by Gasteiger charge is 2.06. The molecule has 1 heterocycles. The molecule has 0 aliphatic rings. The Morgan fingerprint density at radius 3 is 2.94 bits per heavy atom. The summed E-state index contributed by atoms with van der Waals surface area (Å²) >= 11 is 0. The topological polar surface area (TPSA) is 57.8 Å². The molecule has 1 aromatic heterocycles. The van der Waals surface area contributed by atoms with E-state index in [1.165, 1.54) is 11.8 Å². The number of H-pyrrole nitrogens is 1. The smallest absolute Gasteiger partial charge is 0.254 e. The van der Waals surface area contributed by atoms with Crippen molar-refractivity contribution >= 4 is 5.91 Å². The summed E-state index contributed by atoms with van der Waals surface area (Å²) in [6.45, 7) is 2.57. The van der Waals surface area contributed by atoms with Gasteiger partial charge in [0.2, 0.25) is 0 Å². The molecule has 0 saturated heterocycles. The van der Waals surface area contributed by atoms with Crippen molar-refractivity contribution in [1.29, 1.82) is 0 Å². The number of nitrogens with zero attached hydrogens (tertiary/aromatic N) is 1. The molecular formula is C12H13N3O. The first kappa shape index (κ1) is 10.4. The highest BCUT2D eigenvalue weighted by atomic mass is 16.1. The number of rotatable bonds is 3. The van der Waals surface area contributed by atoms with Crippen molar-refractivity contribution in [2.24, 2.45) is 0 Å². The largest absolute Gasteiger partial charge is 0.348 e. The fraction of sp³-hybridized carbons (Fsp3) is 0.167. The van der Waals surface area contributed by atoms with Crippen molar-refractivity contribution in [1.82, 2.24) is 15.5 Å². The summed E-state index contributed by atoms with van der Waals surface area (Å²) in [5.74, 6) is -0.114. The third-order valence-electron chi connectivity index (χ3n) is 2.46. The van der Waals surface area contributed by atoms with Gasteiger partial charge in [0.15, 0.2) is 0 Å². The van der Waals surface area contributed by atoms with E-state index in [9.17, 15) is 4.79 Å². The molecule has 0 fully saturated rings. The van der Waals surface area contributed by atoms with Crippen molar-refractivity contribution in [3.63, 3.8) is 0 Å². The Balaban J connectivity index is 1.98. The van der Waals surface area contributed by atoms with Crippen LogP contribution in [-0.2, 0) is 6.54 Å². The summed E-state index contributed by atoms with van der Waals surface area (Å²) in [6, 6.07) is 7.98. The summed E-state index contributed by atoms with van der Waals surface area (Å²) in [5.41, 5.74) is 2.85. The highest BCUT2D eigenvalue weighted by molar-refractivity contribution is 5.93. The van der Waals surface area contributed by atoms with Crippen molar-refractivity contribution < 1.29 is 4.79 Å². The molecule has 0 spiro atoms. The zero-order chi connectivity index (χ0) is 11.4. The van der Waals surface area contributed by atoms with Gasteiger partial charge in [-0.05, 0) is 18.1 Å². The van der Waals surface area contributed by atoms with E-state index in [0.29, 0.717) is 12.1 Å². The van der Waals surface area contributed by atoms with Gasteiger partial charge in [0.1, 0.15) is 0 Å². The Morgan fingerprint density at radius 2 is 2.25 bits per heavy atom. The summed E-state index contributed by atoms with van der Waals surface area (Å²) in [5, 5.41) is 9.18. The molecular weight excluding hydrogens is 202 g/mol. The van der Waals surface area contributed by atoms with Crippen molar-refractivity contribution in [3.8, 4) is 0 Å². The predicted molar refractivity (Wildman–Crippen MR) is 60.9 cm³/mol. The Labute approximate surface area is 93.7 Å². The van der Waals surface area contributed by atoms with E-state index in [0.717, 1.165) is 5.56 Å². The molecule has 2 N–H and O–H groups in total. The van der Waals surface area contributed by atoms with Gasteiger partial charge < -0.3 is 5.32 Å². The molecule has 0 saturated carbocycles. The molecule has 2 rings (SSSR count). The average Bonchev–Trinajstić information content (AvgIpc) is 2.81. The van der Waals surface area contributed by atoms with Crippen LogP contribution < -0.4 is 5.32 Å². The lowest BCUT2D eigenvalue weighted by molar-refractivity contribution is 0.0951. The van der Waals surface area contributed by atoms with E-state index in [-0.39, 0.29) is 5.91 Å². The number of aromatic amines is 1. The fourth-order valence-electron chi connectivity index (χ4n) is 1.46. The van der Waals surface area contributed by atoms with Gasteiger partial charge in [-0.3, -0.25) is 9.89 Å². The molecule has 0 radical (unpaired) electrons. The van der Waals surface area contributed by atoms with E-state index in [2.05, 4.69) is 15.5 Å². The molecule has 4 nitrogen and oxygen atoms in total. The van der Waals surface area contributed by atoms with Crippen LogP contribution in [0.25, 0.3) is 0 Å². The Hall–Kier alpha value is -2.10. The van der Waals surface area contributed by atoms with Crippen LogP contribution in [0.3, 0.4) is 0 Å². The van der Waals surface area contributed by atoms with Gasteiger partial charge in [0.25, 0.3) is 5.91 Å². The minimum atomic E-state index is -0.114. The second-order valence-corrected chi connectivity index (χ2v) is 3.60. The van der Waals surface area contributed by atoms with Crippen LogP contribution in [0.15, 0.2) is 36.7 Å². The lowest BCUT2D eigenvalue weighted by Gasteiger charge is -2.06. The van der Waals surface area contributed by atoms with Crippen LogP contribution in [0.2, 0.25) is 0 Å². The summed E-state index contributed by atoms with van der Waals surface area (Å²) < 4.78 is 0. The molecule has 2 aromatic rings. The minimum absolute atomic E-state index is 0.114. The molecule has 0 aliphatic heterocycles. The van der Waals surface area contributed by atoms with Crippen LogP contribution in [0.1, 0.15) is 21.5 Å². The zero-order valence-electron chi connectivity index (χ0n) is 9.03. The number of amides is 1. The standard InChI is InChI=1S/C12H13N3O/c1-9-4-2-3-5-10(9)6-13-12(16)11-7-14-15-8-11/h2-5,7-8H,6H2,1H3,(H,13,16)(H,14,15). The second kappa shape index (κ2) is 4.61. The number of hydrogen-bond acceptors (Lipinski definition) is 2. The third-order valence-corrected chi connectivity index (χ3v) is 2.46. The number of nitrogens with one attached hydrogen (secondary N) is 2. The van der Waals surface area contributed by atoms with E-state index < -0.39 is 0 Å². The second-order valence-electron chi connectivity index (χ2n) is 3.60. The lowest BCUT2D eigenvalue weighted by Crippen LogP contribution is -2.22. The van der Waals surface area contributed by atoms with Gasteiger partial charge in [0, 0.05) is 12.7 Å². The van der Waals surface area contributed by atoms with E-state index in [1.807, 2.05) is 31.2 Å². The third kappa shape index (κ3) is 2.28. The number of benzene rings is 1. The molecule has 16 heavy (non-hydrogen) atoms. The first-order valence-corrected chi connectivity index (χ1v) is 5.09. The van der Waals surface area contributed by atoms with Crippen LogP contribution in [-0.4, -0.2) is 16.1 Å². The van der Waals surface area contributed by atoms with Gasteiger partial charge in [-0.1, -0.05) is 24.3 Å². The zero-order valence-corrected chi connectivity index (χ0v) is 9.03. The molecule has 0 atom stereocenters. The van der Waals surface area contributed by atoms with Gasteiger partial charge in [-0.2, -0.15) is 5.10 Å². The van der Waals surface area contributed by atoms with Crippen LogP contribution in [0.5, 0.6) is 0 Å². The monoisotopic (exact) mass is 215 g/mol. The molecule has 0 bridgehead atoms. The summed E-state index contributed by atoms with van der Waals surface area (Å²) in [7, 11) is 0. The number of aromatic nitrogens is 2. The Morgan fingerprint density at radius 1 is 1.44 bits per heavy atom. The predicted octanol–water partition coefficient (Wildman–Crippen LogP) is 1.65. The quantitative estimate of drug-likeness (QED) is 0.817. The van der Waals surface area contributed by atoms with Gasteiger partial charge >= 0.3 is 0 Å². The fourth-order valence-corrected chi connectivity index (χ4v) is 1.46. The number of hydrogen-bond donors (Lipinski definition) is 2. The number of carbonyl (C=O) groups is 1. The van der Waals surface area contributed by atoms with Crippen molar-refractivity contribution in [2.75, 3.05) is 0 Å². The van der Waals surface area contributed by atoms with Crippen LogP contribution >= 0.6 is 0 Å². The average molecular weight is 215 g/mol. The van der Waals surface area contributed by atoms with Crippen LogP contribution in [0, 0.1) is 6.92 Å². The number of carbonyl (C=O) groups excluding carboxylic acids is 1. The van der Waals surface area contributed by atoms with Crippen molar-refractivity contribution in [2.45, 2.75) is 13.5 Å². The van der Waals surface area contributed by atoms with Gasteiger partial charge in [-0.15, -0.1) is 0 Å². The maximum absolute atomic E-state index is 11.6. The van der Waals surface area contributed by atoms with E-state index in [1.54, 1.807) is 6.20 Å². The summed E-state index contributed by atoms with van der Waals surface area (Å²) in [6.07, 6.45) is 3.08. The molecule has 0 aliphatic carbocycles. The normalized spacial score (nSPS) is 10.1. The van der Waals surface area contributed by atoms with E-state index in [4.69, 9.17) is 0 Å². The van der Waals surface area contributed by atoms with Gasteiger partial charge in [0.05, 0.1) is 11.8 Å². The molecule has 1 amide bonds. The first-order chi connectivity index (χ1) is 7.77. The molecule has 0 unspecified atom stereocenters. The van der Waals surface area contributed by atoms with Crippen molar-refractivity contribution in [3.05, 3.63) is 53.3 Å². The first-order valence-electron chi connectivity index (χ1n) is 5.09. The SMILES string of the molecule is Cc1ccccc1CNC(=O)c1cn[nH]c1. The maximum atomic E-state index is 11.6. The Bertz CT molecular complexity index is 477. The molecule has 82 valence electrons. The van der Waals surface area contributed by atoms with Crippen LogP contribution in [0.4, 0.5) is 0 Å². The summed E-state index contributed by atoms with van der Waals surface area (Å²) in [4.78, 5) is 11.6. The maximum Gasteiger partial charge on any atom is 0.254 e. The molecule has 1 aromatic carbocycles. The molecule has 4 heteroatoms. The van der Waals surface area contributed by atoms with E-state index >= 15 is 0 Å². The number of aryl methyl sites for hydroxylation is 1. The van der Waals surface area contributed by atoms with Gasteiger partial charge in [-0.25, -0.2) is 0 Å². The Kier molecular flexibility index (Phi) is 3.00. The minimum Gasteiger partial charge on any atom is -0.348 e.